The minimum absolute atomic E-state index is 0.0191. The molecule has 4 aliphatic rings. The van der Waals surface area contributed by atoms with E-state index in [1.165, 1.54) is 7.11 Å². The van der Waals surface area contributed by atoms with Crippen LogP contribution in [0, 0.1) is 0 Å². The zero-order valence-electron chi connectivity index (χ0n) is 36.9. The maximum absolute atomic E-state index is 13.5. The number of benzene rings is 4. The molecule has 0 saturated carbocycles. The number of ether oxygens (including phenoxy) is 5. The molecule has 16 nitrogen and oxygen atoms in total. The number of hydrogen-bond donors (Lipinski definition) is 1. The molecular formula is C48H59N7O9. The lowest BCUT2D eigenvalue weighted by molar-refractivity contribution is -0.0738. The van der Waals surface area contributed by atoms with Gasteiger partial charge in [-0.1, -0.05) is 36.4 Å². The van der Waals surface area contributed by atoms with Gasteiger partial charge in [0.1, 0.15) is 11.5 Å². The van der Waals surface area contributed by atoms with Crippen LogP contribution in [0.4, 0.5) is 21.0 Å². The first-order valence-electron chi connectivity index (χ1n) is 21.7. The van der Waals surface area contributed by atoms with E-state index in [-0.39, 0.29) is 30.4 Å². The molecule has 64 heavy (non-hydrogen) atoms. The Bertz CT molecular complexity index is 1990. The monoisotopic (exact) mass is 877 g/mol. The summed E-state index contributed by atoms with van der Waals surface area (Å²) in [5, 5.41) is 0. The SMILES string of the molecule is COC(=O)c1ccc(CN(C(=O)N2CCN(C3COC3)CC2)c2ccc(OC)cc2)cc1.COc1ccc(N(Cc2ccc(C(=O)CN)cc2)C(=O)N2CCN(C3COC3)CC2)cc1. The van der Waals surface area contributed by atoms with Gasteiger partial charge in [0.05, 0.1) is 85.0 Å². The molecule has 340 valence electrons. The van der Waals surface area contributed by atoms with E-state index in [1.807, 2.05) is 82.6 Å². The average Bonchev–Trinajstić information content (AvgIpc) is 3.31. The first kappa shape index (κ1) is 46.0. The topological polar surface area (TPSA) is 160 Å². The van der Waals surface area contributed by atoms with Gasteiger partial charge < -0.3 is 39.2 Å². The summed E-state index contributed by atoms with van der Waals surface area (Å²) in [6.45, 7) is 10.1. The molecule has 0 spiro atoms. The van der Waals surface area contributed by atoms with E-state index in [0.29, 0.717) is 62.5 Å². The van der Waals surface area contributed by atoms with Crippen molar-refractivity contribution < 1.29 is 42.9 Å². The van der Waals surface area contributed by atoms with Crippen LogP contribution in [0.5, 0.6) is 11.5 Å². The third-order valence-electron chi connectivity index (χ3n) is 12.2. The summed E-state index contributed by atoms with van der Waals surface area (Å²) in [5.74, 6) is 0.991. The van der Waals surface area contributed by atoms with Crippen LogP contribution in [0.25, 0.3) is 0 Å². The number of urea groups is 2. The highest BCUT2D eigenvalue weighted by atomic mass is 16.5. The minimum Gasteiger partial charge on any atom is -0.497 e. The molecule has 4 aliphatic heterocycles. The van der Waals surface area contributed by atoms with E-state index in [4.69, 9.17) is 29.4 Å². The third-order valence-corrected chi connectivity index (χ3v) is 12.2. The highest BCUT2D eigenvalue weighted by Gasteiger charge is 2.34. The summed E-state index contributed by atoms with van der Waals surface area (Å²) in [4.78, 5) is 62.8. The Hall–Kier alpha value is -6.04. The Labute approximate surface area is 374 Å². The predicted octanol–water partition coefficient (Wildman–Crippen LogP) is 4.60. The van der Waals surface area contributed by atoms with Crippen LogP contribution in [0.3, 0.4) is 0 Å². The van der Waals surface area contributed by atoms with E-state index < -0.39 is 0 Å². The zero-order chi connectivity index (χ0) is 45.0. The summed E-state index contributed by atoms with van der Waals surface area (Å²) >= 11 is 0. The molecule has 4 fully saturated rings. The summed E-state index contributed by atoms with van der Waals surface area (Å²) in [6, 6.07) is 30.3. The number of esters is 1. The van der Waals surface area contributed by atoms with Crippen LogP contribution in [-0.4, -0.2) is 162 Å². The van der Waals surface area contributed by atoms with E-state index in [9.17, 15) is 19.2 Å². The summed E-state index contributed by atoms with van der Waals surface area (Å²) in [7, 11) is 4.60. The highest BCUT2D eigenvalue weighted by Crippen LogP contribution is 2.26. The van der Waals surface area contributed by atoms with Gasteiger partial charge >= 0.3 is 18.0 Å². The molecule has 4 saturated heterocycles. The fourth-order valence-electron chi connectivity index (χ4n) is 7.97. The Balaban J connectivity index is 0.000000191. The van der Waals surface area contributed by atoms with Gasteiger partial charge in [-0.25, -0.2) is 14.4 Å². The van der Waals surface area contributed by atoms with Gasteiger partial charge in [0.2, 0.25) is 0 Å². The lowest BCUT2D eigenvalue weighted by atomic mass is 10.1. The van der Waals surface area contributed by atoms with Gasteiger partial charge in [-0.3, -0.25) is 24.4 Å². The average molecular weight is 878 g/mol. The standard InChI is InChI=1S/C24H30N4O4.C24H29N3O5/c1-31-22-8-6-20(7-9-22)28(15-18-2-4-19(5-3-18)23(29)14-25)24(30)27-12-10-26(11-13-27)21-16-32-17-21;1-30-22-9-7-20(8-10-22)27(15-18-3-5-19(6-4-18)23(28)31-2)24(29)26-13-11-25(12-14-26)21-16-32-17-21/h2-9,21H,10-17,25H2,1H3;3-10,21H,11-17H2,1-2H3. The maximum Gasteiger partial charge on any atom is 0.337 e. The quantitative estimate of drug-likeness (QED) is 0.147. The van der Waals surface area contributed by atoms with Crippen LogP contribution >= 0.6 is 0 Å². The molecule has 0 aliphatic carbocycles. The van der Waals surface area contributed by atoms with Crippen molar-refractivity contribution >= 4 is 35.2 Å². The van der Waals surface area contributed by atoms with Crippen molar-refractivity contribution in [3.63, 3.8) is 0 Å². The number of carbonyl (C=O) groups is 4. The molecule has 0 aromatic heterocycles. The number of rotatable bonds is 13. The van der Waals surface area contributed by atoms with E-state index in [1.54, 1.807) is 48.3 Å². The largest absolute Gasteiger partial charge is 0.497 e. The second kappa shape index (κ2) is 22.0. The molecule has 8 rings (SSSR count). The molecule has 0 unspecified atom stereocenters. The second-order valence-electron chi connectivity index (χ2n) is 16.1. The number of nitrogens with two attached hydrogens (primary N) is 1. The highest BCUT2D eigenvalue weighted by molar-refractivity contribution is 5.97. The van der Waals surface area contributed by atoms with Crippen molar-refractivity contribution in [2.75, 3.05) is 116 Å². The number of carbonyl (C=O) groups excluding carboxylic acids is 4. The van der Waals surface area contributed by atoms with E-state index in [0.717, 1.165) is 86.6 Å². The Morgan fingerprint density at radius 1 is 0.547 bits per heavy atom. The number of ketones is 1. The van der Waals surface area contributed by atoms with Crippen molar-refractivity contribution in [1.82, 2.24) is 19.6 Å². The number of piperazine rings is 2. The van der Waals surface area contributed by atoms with Crippen LogP contribution in [-0.2, 0) is 27.3 Å². The summed E-state index contributed by atoms with van der Waals surface area (Å²) in [6.07, 6.45) is 0. The van der Waals surface area contributed by atoms with Crippen LogP contribution in [0.15, 0.2) is 97.1 Å². The molecule has 16 heteroatoms. The first-order chi connectivity index (χ1) is 31.2. The lowest BCUT2D eigenvalue weighted by Crippen LogP contribution is -2.59. The van der Waals surface area contributed by atoms with Gasteiger partial charge in [-0.15, -0.1) is 0 Å². The molecule has 0 bridgehead atoms. The molecular weight excluding hydrogens is 819 g/mol. The normalized spacial score (nSPS) is 16.9. The molecule has 4 aromatic carbocycles. The number of anilines is 2. The minimum atomic E-state index is -0.380. The number of amides is 4. The second-order valence-corrected chi connectivity index (χ2v) is 16.1. The zero-order valence-corrected chi connectivity index (χ0v) is 36.9. The van der Waals surface area contributed by atoms with Gasteiger partial charge in [-0.2, -0.15) is 0 Å². The van der Waals surface area contributed by atoms with Crippen molar-refractivity contribution in [3.8, 4) is 11.5 Å². The number of methoxy groups -OCH3 is 3. The Morgan fingerprint density at radius 3 is 1.23 bits per heavy atom. The smallest absolute Gasteiger partial charge is 0.337 e. The van der Waals surface area contributed by atoms with E-state index >= 15 is 0 Å². The number of hydrogen-bond acceptors (Lipinski definition) is 12. The van der Waals surface area contributed by atoms with Gasteiger partial charge in [0.25, 0.3) is 0 Å². The molecule has 4 amide bonds. The molecule has 2 N–H and O–H groups in total. The van der Waals surface area contributed by atoms with Gasteiger partial charge in [0.15, 0.2) is 5.78 Å². The lowest BCUT2D eigenvalue weighted by Gasteiger charge is -2.43. The Morgan fingerprint density at radius 2 is 0.922 bits per heavy atom. The first-order valence-corrected chi connectivity index (χ1v) is 21.7. The fourth-order valence-corrected chi connectivity index (χ4v) is 7.97. The summed E-state index contributed by atoms with van der Waals surface area (Å²) < 4.78 is 25.9. The Kier molecular flexibility index (Phi) is 15.8. The number of Topliss-reactive ketones (excluding diaryl/α,β-unsaturated/α-hetero) is 1. The van der Waals surface area contributed by atoms with Crippen LogP contribution in [0.1, 0.15) is 31.8 Å². The van der Waals surface area contributed by atoms with Crippen molar-refractivity contribution in [2.45, 2.75) is 25.2 Å². The molecule has 4 aromatic rings. The predicted molar refractivity (Wildman–Crippen MR) is 242 cm³/mol. The maximum atomic E-state index is 13.5. The number of nitrogens with zero attached hydrogens (tertiary/aromatic N) is 6. The molecule has 0 radical (unpaired) electrons. The third kappa shape index (κ3) is 11.4. The van der Waals surface area contributed by atoms with Crippen molar-refractivity contribution in [1.29, 1.82) is 0 Å². The van der Waals surface area contributed by atoms with Crippen LogP contribution < -0.4 is 25.0 Å². The van der Waals surface area contributed by atoms with Gasteiger partial charge in [0, 0.05) is 69.3 Å². The summed E-state index contributed by atoms with van der Waals surface area (Å²) in [5.41, 5.74) is 9.97. The van der Waals surface area contributed by atoms with Crippen molar-refractivity contribution in [3.05, 3.63) is 119 Å². The molecule has 0 atom stereocenters. The van der Waals surface area contributed by atoms with Crippen molar-refractivity contribution in [2.24, 2.45) is 5.73 Å². The van der Waals surface area contributed by atoms with E-state index in [2.05, 4.69) is 9.80 Å². The van der Waals surface area contributed by atoms with Crippen LogP contribution in [0.2, 0.25) is 0 Å². The fraction of sp³-hybridized carbons (Fsp3) is 0.417. The van der Waals surface area contributed by atoms with Gasteiger partial charge in [-0.05, 0) is 71.8 Å². The molecule has 4 heterocycles.